The summed E-state index contributed by atoms with van der Waals surface area (Å²) in [7, 11) is 1.13. The Morgan fingerprint density at radius 3 is 2.48 bits per heavy atom. The van der Waals surface area contributed by atoms with E-state index < -0.39 is 53.2 Å². The molecule has 2 aromatic rings. The predicted octanol–water partition coefficient (Wildman–Crippen LogP) is 4.53. The van der Waals surface area contributed by atoms with E-state index in [0.29, 0.717) is 0 Å². The van der Waals surface area contributed by atoms with Gasteiger partial charge in [-0.25, -0.2) is 18.6 Å². The number of rotatable bonds is 4. The largest absolute Gasteiger partial charge is 0.464 e. The highest BCUT2D eigenvalue weighted by Crippen LogP contribution is 2.54. The van der Waals surface area contributed by atoms with Gasteiger partial charge in [0, 0.05) is 23.7 Å². The summed E-state index contributed by atoms with van der Waals surface area (Å²) < 4.78 is 79.5. The van der Waals surface area contributed by atoms with Crippen molar-refractivity contribution in [1.29, 1.82) is 0 Å². The molecule has 6 nitrogen and oxygen atoms in total. The van der Waals surface area contributed by atoms with Crippen LogP contribution >= 0.6 is 0 Å². The molecule has 0 spiro atoms. The molecule has 1 amide bonds. The van der Waals surface area contributed by atoms with Crippen LogP contribution in [-0.4, -0.2) is 41.9 Å². The van der Waals surface area contributed by atoms with E-state index in [4.69, 9.17) is 4.74 Å². The van der Waals surface area contributed by atoms with Crippen LogP contribution in [0.15, 0.2) is 30.5 Å². The zero-order valence-electron chi connectivity index (χ0n) is 18.1. The van der Waals surface area contributed by atoms with Crippen molar-refractivity contribution < 1.29 is 41.0 Å². The number of methoxy groups -OCH3 is 1. The van der Waals surface area contributed by atoms with Crippen LogP contribution in [0.3, 0.4) is 0 Å². The van der Waals surface area contributed by atoms with E-state index in [-0.39, 0.29) is 22.5 Å². The van der Waals surface area contributed by atoms with Crippen molar-refractivity contribution in [2.24, 2.45) is 5.92 Å². The van der Waals surface area contributed by atoms with Crippen molar-refractivity contribution in [1.82, 2.24) is 4.98 Å². The van der Waals surface area contributed by atoms with Gasteiger partial charge in [0.15, 0.2) is 17.2 Å². The van der Waals surface area contributed by atoms with Crippen LogP contribution < -0.4 is 5.32 Å². The van der Waals surface area contributed by atoms with Crippen LogP contribution in [0, 0.1) is 24.5 Å². The van der Waals surface area contributed by atoms with Crippen LogP contribution in [0.25, 0.3) is 0 Å². The van der Waals surface area contributed by atoms with Gasteiger partial charge in [0.2, 0.25) is 0 Å². The highest BCUT2D eigenvalue weighted by Gasteiger charge is 2.65. The molecule has 11 heteroatoms. The van der Waals surface area contributed by atoms with Crippen LogP contribution in [0.2, 0.25) is 0 Å². The first-order chi connectivity index (χ1) is 15.3. The van der Waals surface area contributed by atoms with Crippen molar-refractivity contribution in [3.8, 4) is 0 Å². The van der Waals surface area contributed by atoms with E-state index in [1.165, 1.54) is 32.2 Å². The molecule has 0 radical (unpaired) electrons. The van der Waals surface area contributed by atoms with Crippen molar-refractivity contribution in [2.45, 2.75) is 44.6 Å². The minimum Gasteiger partial charge on any atom is -0.464 e. The lowest BCUT2D eigenvalue weighted by Crippen LogP contribution is -2.47. The van der Waals surface area contributed by atoms with Crippen LogP contribution in [0.1, 0.15) is 41.4 Å². The number of esters is 1. The molecule has 3 rings (SSSR count). The Morgan fingerprint density at radius 1 is 1.21 bits per heavy atom. The molecule has 1 aromatic heterocycles. The zero-order chi connectivity index (χ0) is 24.7. The predicted molar refractivity (Wildman–Crippen MR) is 107 cm³/mol. The number of nitrogens with one attached hydrogen (secondary N) is 1. The van der Waals surface area contributed by atoms with Gasteiger partial charge in [0.05, 0.1) is 7.11 Å². The molecule has 33 heavy (non-hydrogen) atoms. The van der Waals surface area contributed by atoms with Gasteiger partial charge >= 0.3 is 12.1 Å². The third kappa shape index (κ3) is 4.29. The molecule has 1 saturated heterocycles. The SMILES string of the molecule is COC(=O)c1cc(NC(=O)[C@@H]2O[C@@](C)(C(F)(F)F)[C@@H](C)[C@H]2c2ccc(F)c(F)c2C)ccn1. The molecule has 0 unspecified atom stereocenters. The number of alkyl halides is 3. The van der Waals surface area contributed by atoms with Gasteiger partial charge in [0.1, 0.15) is 11.8 Å². The summed E-state index contributed by atoms with van der Waals surface area (Å²) in [6.07, 6.45) is -5.33. The first-order valence-electron chi connectivity index (χ1n) is 9.86. The number of ether oxygens (including phenoxy) is 2. The Morgan fingerprint density at radius 2 is 1.88 bits per heavy atom. The number of anilines is 1. The van der Waals surface area contributed by atoms with Crippen LogP contribution in [-0.2, 0) is 14.3 Å². The average molecular weight is 472 g/mol. The highest BCUT2D eigenvalue weighted by molar-refractivity contribution is 5.96. The maximum Gasteiger partial charge on any atom is 0.417 e. The molecule has 1 fully saturated rings. The summed E-state index contributed by atoms with van der Waals surface area (Å²) in [4.78, 5) is 28.5. The first-order valence-corrected chi connectivity index (χ1v) is 9.86. The Labute approximate surface area is 186 Å². The van der Waals surface area contributed by atoms with Gasteiger partial charge in [-0.15, -0.1) is 0 Å². The van der Waals surface area contributed by atoms with E-state index in [0.717, 1.165) is 26.2 Å². The fourth-order valence-electron chi connectivity index (χ4n) is 3.99. The van der Waals surface area contributed by atoms with Crippen molar-refractivity contribution in [3.05, 3.63) is 58.9 Å². The normalized spacial score (nSPS) is 25.1. The Kier molecular flexibility index (Phi) is 6.47. The molecule has 1 N–H and O–H groups in total. The maximum absolute atomic E-state index is 14.2. The summed E-state index contributed by atoms with van der Waals surface area (Å²) in [5.74, 6) is -6.66. The third-order valence-electron chi connectivity index (χ3n) is 6.09. The van der Waals surface area contributed by atoms with Gasteiger partial charge in [-0.1, -0.05) is 13.0 Å². The van der Waals surface area contributed by atoms with E-state index in [2.05, 4.69) is 15.0 Å². The molecule has 4 atom stereocenters. The fraction of sp³-hybridized carbons (Fsp3) is 0.409. The van der Waals surface area contributed by atoms with E-state index in [1.807, 2.05) is 0 Å². The molecule has 178 valence electrons. The molecular weight excluding hydrogens is 451 g/mol. The first kappa shape index (κ1) is 24.6. The second-order valence-electron chi connectivity index (χ2n) is 7.94. The molecular formula is C22H21F5N2O4. The summed E-state index contributed by atoms with van der Waals surface area (Å²) in [6.45, 7) is 3.28. The Bertz CT molecular complexity index is 1090. The molecule has 1 aliphatic heterocycles. The summed E-state index contributed by atoms with van der Waals surface area (Å²) >= 11 is 0. The number of carbonyl (C=O) groups excluding carboxylic acids is 2. The van der Waals surface area contributed by atoms with E-state index in [9.17, 15) is 31.5 Å². The number of amides is 1. The molecule has 1 aromatic carbocycles. The topological polar surface area (TPSA) is 77.5 Å². The van der Waals surface area contributed by atoms with Crippen molar-refractivity contribution >= 4 is 17.6 Å². The lowest BCUT2D eigenvalue weighted by atomic mass is 9.76. The number of halogens is 5. The molecule has 2 heterocycles. The molecule has 1 aliphatic rings. The van der Waals surface area contributed by atoms with Gasteiger partial charge in [0.25, 0.3) is 5.91 Å². The molecule has 0 bridgehead atoms. The monoisotopic (exact) mass is 472 g/mol. The molecule has 0 aliphatic carbocycles. The van der Waals surface area contributed by atoms with Gasteiger partial charge in [-0.2, -0.15) is 13.2 Å². The maximum atomic E-state index is 14.2. The van der Waals surface area contributed by atoms with Gasteiger partial charge in [-0.3, -0.25) is 4.79 Å². The lowest BCUT2D eigenvalue weighted by molar-refractivity contribution is -0.272. The fourth-order valence-corrected chi connectivity index (χ4v) is 3.99. The number of carbonyl (C=O) groups is 2. The summed E-state index contributed by atoms with van der Waals surface area (Å²) in [6, 6.07) is 4.46. The Hall–Kier alpha value is -3.08. The zero-order valence-corrected chi connectivity index (χ0v) is 18.1. The second-order valence-corrected chi connectivity index (χ2v) is 7.94. The van der Waals surface area contributed by atoms with E-state index in [1.54, 1.807) is 0 Å². The lowest BCUT2D eigenvalue weighted by Gasteiger charge is -2.32. The van der Waals surface area contributed by atoms with E-state index >= 15 is 0 Å². The van der Waals surface area contributed by atoms with Gasteiger partial charge in [-0.05, 0) is 43.2 Å². The standard InChI is InChI=1S/C22H21F5N2O4/c1-10-13(5-6-14(23)17(10)24)16-11(2)21(3,22(25,26)27)33-18(16)19(30)29-12-7-8-28-15(9-12)20(31)32-4/h5-9,11,16,18H,1-4H3,(H,28,29,30)/t11-,16-,18+,21+/m0/s1. The number of nitrogens with zero attached hydrogens (tertiary/aromatic N) is 1. The third-order valence-corrected chi connectivity index (χ3v) is 6.09. The van der Waals surface area contributed by atoms with Crippen molar-refractivity contribution in [2.75, 3.05) is 12.4 Å². The number of hydrogen-bond donors (Lipinski definition) is 1. The number of aromatic nitrogens is 1. The number of pyridine rings is 1. The van der Waals surface area contributed by atoms with Gasteiger partial charge < -0.3 is 14.8 Å². The number of hydrogen-bond acceptors (Lipinski definition) is 5. The minimum atomic E-state index is -4.85. The second kappa shape index (κ2) is 8.69. The Balaban J connectivity index is 2.03. The summed E-state index contributed by atoms with van der Waals surface area (Å²) in [5, 5.41) is 2.41. The van der Waals surface area contributed by atoms with Crippen molar-refractivity contribution in [3.63, 3.8) is 0 Å². The smallest absolute Gasteiger partial charge is 0.417 e. The average Bonchev–Trinajstić information content (AvgIpc) is 3.04. The van der Waals surface area contributed by atoms with Crippen LogP contribution in [0.5, 0.6) is 0 Å². The highest BCUT2D eigenvalue weighted by atomic mass is 19.4. The summed E-state index contributed by atoms with van der Waals surface area (Å²) in [5.41, 5.74) is -2.99. The number of benzene rings is 1. The minimum absolute atomic E-state index is 0.0273. The quantitative estimate of drug-likeness (QED) is 0.523. The molecule has 0 saturated carbocycles. The van der Waals surface area contributed by atoms with Crippen LogP contribution in [0.4, 0.5) is 27.6 Å².